The maximum atomic E-state index is 11.5. The standard InChI is InChI=1S/C21H19ClN4O3/c1-28-18(27)14-8-6-13(7-9-14)12-29-21-25-19(22)24-20(26-21)23-17-10-15-4-2-3-5-16(15)11-17/h2-9,17H,10-12H2,1H3,(H,23,24,25,26). The van der Waals surface area contributed by atoms with E-state index in [1.807, 2.05) is 12.1 Å². The minimum absolute atomic E-state index is 0.0639. The van der Waals surface area contributed by atoms with Crippen LogP contribution in [-0.2, 0) is 24.2 Å². The molecule has 0 spiro atoms. The predicted molar refractivity (Wildman–Crippen MR) is 108 cm³/mol. The van der Waals surface area contributed by atoms with Crippen molar-refractivity contribution in [2.24, 2.45) is 0 Å². The fourth-order valence-corrected chi connectivity index (χ4v) is 3.46. The van der Waals surface area contributed by atoms with Crippen molar-refractivity contribution in [2.75, 3.05) is 12.4 Å². The minimum Gasteiger partial charge on any atom is -0.465 e. The van der Waals surface area contributed by atoms with Crippen LogP contribution in [0.25, 0.3) is 0 Å². The van der Waals surface area contributed by atoms with Gasteiger partial charge in [0, 0.05) is 6.04 Å². The minimum atomic E-state index is -0.383. The first kappa shape index (κ1) is 19.1. The van der Waals surface area contributed by atoms with Gasteiger partial charge in [-0.1, -0.05) is 36.4 Å². The molecule has 1 aromatic heterocycles. The zero-order chi connectivity index (χ0) is 20.2. The summed E-state index contributed by atoms with van der Waals surface area (Å²) < 4.78 is 10.4. The molecule has 0 atom stereocenters. The number of aromatic nitrogens is 3. The van der Waals surface area contributed by atoms with E-state index in [-0.39, 0.29) is 29.9 Å². The van der Waals surface area contributed by atoms with Gasteiger partial charge in [-0.2, -0.15) is 15.0 Å². The normalized spacial score (nSPS) is 13.0. The van der Waals surface area contributed by atoms with Crippen molar-refractivity contribution in [3.8, 4) is 6.01 Å². The number of anilines is 1. The second-order valence-corrected chi connectivity index (χ2v) is 7.04. The third kappa shape index (κ3) is 4.63. The number of fused-ring (bicyclic) bond motifs is 1. The highest BCUT2D eigenvalue weighted by molar-refractivity contribution is 6.28. The average molecular weight is 411 g/mol. The van der Waals surface area contributed by atoms with Crippen molar-refractivity contribution < 1.29 is 14.3 Å². The summed E-state index contributed by atoms with van der Waals surface area (Å²) in [5.41, 5.74) is 3.99. The molecule has 1 heterocycles. The molecule has 0 bridgehead atoms. The van der Waals surface area contributed by atoms with E-state index in [0.29, 0.717) is 11.5 Å². The molecule has 1 aliphatic carbocycles. The molecule has 0 aliphatic heterocycles. The van der Waals surface area contributed by atoms with Crippen LogP contribution in [0, 0.1) is 0 Å². The third-order valence-electron chi connectivity index (χ3n) is 4.71. The van der Waals surface area contributed by atoms with Crippen LogP contribution in [0.2, 0.25) is 5.28 Å². The quantitative estimate of drug-likeness (QED) is 0.622. The largest absolute Gasteiger partial charge is 0.465 e. The highest BCUT2D eigenvalue weighted by Crippen LogP contribution is 2.24. The van der Waals surface area contributed by atoms with E-state index in [0.717, 1.165) is 18.4 Å². The number of carbonyl (C=O) groups excluding carboxylic acids is 1. The van der Waals surface area contributed by atoms with Gasteiger partial charge in [0.2, 0.25) is 11.2 Å². The van der Waals surface area contributed by atoms with Crippen LogP contribution in [0.4, 0.5) is 5.95 Å². The number of halogens is 1. The summed E-state index contributed by atoms with van der Waals surface area (Å²) in [5, 5.41) is 3.38. The summed E-state index contributed by atoms with van der Waals surface area (Å²) >= 11 is 6.04. The molecular formula is C21H19ClN4O3. The maximum Gasteiger partial charge on any atom is 0.337 e. The molecule has 148 valence electrons. The van der Waals surface area contributed by atoms with Gasteiger partial charge in [0.15, 0.2) is 0 Å². The van der Waals surface area contributed by atoms with Gasteiger partial charge < -0.3 is 14.8 Å². The first-order chi connectivity index (χ1) is 14.1. The Labute approximate surface area is 173 Å². The zero-order valence-corrected chi connectivity index (χ0v) is 16.5. The van der Waals surface area contributed by atoms with Gasteiger partial charge in [0.05, 0.1) is 12.7 Å². The van der Waals surface area contributed by atoms with Crippen LogP contribution in [0.15, 0.2) is 48.5 Å². The smallest absolute Gasteiger partial charge is 0.337 e. The van der Waals surface area contributed by atoms with E-state index >= 15 is 0 Å². The van der Waals surface area contributed by atoms with Gasteiger partial charge in [0.1, 0.15) is 6.61 Å². The Balaban J connectivity index is 1.39. The fourth-order valence-electron chi connectivity index (χ4n) is 3.31. The Bertz CT molecular complexity index is 1000. The van der Waals surface area contributed by atoms with Crippen LogP contribution in [0.3, 0.4) is 0 Å². The number of ether oxygens (including phenoxy) is 2. The second-order valence-electron chi connectivity index (χ2n) is 6.71. The topological polar surface area (TPSA) is 86.2 Å². The molecule has 1 N–H and O–H groups in total. The number of carbonyl (C=O) groups is 1. The number of esters is 1. The van der Waals surface area contributed by atoms with Crippen molar-refractivity contribution in [2.45, 2.75) is 25.5 Å². The molecule has 4 rings (SSSR count). The molecule has 0 amide bonds. The number of nitrogens with zero attached hydrogens (tertiary/aromatic N) is 3. The third-order valence-corrected chi connectivity index (χ3v) is 4.88. The SMILES string of the molecule is COC(=O)c1ccc(COc2nc(Cl)nc(NC3Cc4ccccc4C3)n2)cc1. The van der Waals surface area contributed by atoms with Gasteiger partial charge >= 0.3 is 12.0 Å². The number of rotatable bonds is 6. The lowest BCUT2D eigenvalue weighted by Gasteiger charge is -2.13. The molecule has 0 fully saturated rings. The number of benzene rings is 2. The average Bonchev–Trinajstić information content (AvgIpc) is 3.14. The summed E-state index contributed by atoms with van der Waals surface area (Å²) in [6.45, 7) is 0.232. The van der Waals surface area contributed by atoms with E-state index < -0.39 is 0 Å². The number of hydrogen-bond donors (Lipinski definition) is 1. The molecular weight excluding hydrogens is 392 g/mol. The van der Waals surface area contributed by atoms with Crippen molar-refractivity contribution in [1.29, 1.82) is 0 Å². The van der Waals surface area contributed by atoms with Crippen LogP contribution in [0.5, 0.6) is 6.01 Å². The highest BCUT2D eigenvalue weighted by atomic mass is 35.5. The Morgan fingerprint density at radius 3 is 2.41 bits per heavy atom. The predicted octanol–water partition coefficient (Wildman–Crippen LogP) is 3.47. The summed E-state index contributed by atoms with van der Waals surface area (Å²) in [7, 11) is 1.35. The first-order valence-corrected chi connectivity index (χ1v) is 9.53. The molecule has 7 nitrogen and oxygen atoms in total. The fraction of sp³-hybridized carbons (Fsp3) is 0.238. The van der Waals surface area contributed by atoms with Crippen molar-refractivity contribution in [1.82, 2.24) is 15.0 Å². The molecule has 0 saturated carbocycles. The zero-order valence-electron chi connectivity index (χ0n) is 15.8. The van der Waals surface area contributed by atoms with Gasteiger partial charge in [-0.15, -0.1) is 0 Å². The van der Waals surface area contributed by atoms with Gasteiger partial charge in [-0.05, 0) is 53.3 Å². The van der Waals surface area contributed by atoms with E-state index in [1.54, 1.807) is 24.3 Å². The van der Waals surface area contributed by atoms with Crippen molar-refractivity contribution >= 4 is 23.5 Å². The maximum absolute atomic E-state index is 11.5. The molecule has 0 radical (unpaired) electrons. The van der Waals surface area contributed by atoms with E-state index in [9.17, 15) is 4.79 Å². The number of hydrogen-bond acceptors (Lipinski definition) is 7. The highest BCUT2D eigenvalue weighted by Gasteiger charge is 2.22. The lowest BCUT2D eigenvalue weighted by atomic mass is 10.1. The lowest BCUT2D eigenvalue weighted by molar-refractivity contribution is 0.0600. The summed E-state index contributed by atoms with van der Waals surface area (Å²) in [4.78, 5) is 24.0. The molecule has 8 heteroatoms. The van der Waals surface area contributed by atoms with Crippen LogP contribution in [0.1, 0.15) is 27.0 Å². The van der Waals surface area contributed by atoms with Crippen LogP contribution < -0.4 is 10.1 Å². The van der Waals surface area contributed by atoms with E-state index in [4.69, 9.17) is 16.3 Å². The Hall–Kier alpha value is -3.19. The Kier molecular flexibility index (Phi) is 5.57. The molecule has 2 aromatic carbocycles. The number of methoxy groups -OCH3 is 1. The van der Waals surface area contributed by atoms with E-state index in [1.165, 1.54) is 18.2 Å². The van der Waals surface area contributed by atoms with Crippen molar-refractivity contribution in [3.63, 3.8) is 0 Å². The van der Waals surface area contributed by atoms with E-state index in [2.05, 4.69) is 37.1 Å². The van der Waals surface area contributed by atoms with Crippen LogP contribution >= 0.6 is 11.6 Å². The van der Waals surface area contributed by atoms with Gasteiger partial charge in [-0.3, -0.25) is 0 Å². The second kappa shape index (κ2) is 8.45. The molecule has 29 heavy (non-hydrogen) atoms. The Morgan fingerprint density at radius 1 is 1.07 bits per heavy atom. The molecule has 1 aliphatic rings. The molecule has 0 unspecified atom stereocenters. The summed E-state index contributed by atoms with van der Waals surface area (Å²) in [6.07, 6.45) is 1.81. The molecule has 0 saturated heterocycles. The summed E-state index contributed by atoms with van der Waals surface area (Å²) in [5.74, 6) is 0.00495. The lowest BCUT2D eigenvalue weighted by Crippen LogP contribution is -2.21. The Morgan fingerprint density at radius 2 is 1.76 bits per heavy atom. The van der Waals surface area contributed by atoms with Crippen LogP contribution in [-0.4, -0.2) is 34.1 Å². The van der Waals surface area contributed by atoms with Crippen molar-refractivity contribution in [3.05, 3.63) is 76.1 Å². The first-order valence-electron chi connectivity index (χ1n) is 9.15. The van der Waals surface area contributed by atoms with Gasteiger partial charge in [-0.25, -0.2) is 4.79 Å². The molecule has 3 aromatic rings. The monoisotopic (exact) mass is 410 g/mol. The number of nitrogens with one attached hydrogen (secondary N) is 1. The summed E-state index contributed by atoms with van der Waals surface area (Å²) in [6, 6.07) is 15.6. The van der Waals surface area contributed by atoms with Gasteiger partial charge in [0.25, 0.3) is 0 Å².